The van der Waals surface area contributed by atoms with E-state index in [0.29, 0.717) is 58.3 Å². The van der Waals surface area contributed by atoms with Crippen LogP contribution in [0.1, 0.15) is 19.4 Å². The zero-order chi connectivity index (χ0) is 25.5. The first kappa shape index (κ1) is 25.9. The van der Waals surface area contributed by atoms with Crippen molar-refractivity contribution in [2.75, 3.05) is 46.6 Å². The number of pyridine rings is 1. The van der Waals surface area contributed by atoms with E-state index in [9.17, 15) is 9.59 Å². The molecule has 1 atom stereocenters. The molecule has 0 spiro atoms. The number of nitrogens with zero attached hydrogens (tertiary/aromatic N) is 3. The molecule has 1 aromatic heterocycles. The summed E-state index contributed by atoms with van der Waals surface area (Å²) in [5.41, 5.74) is 1.51. The molecule has 8 nitrogen and oxygen atoms in total. The van der Waals surface area contributed by atoms with Crippen LogP contribution < -0.4 is 10.3 Å². The number of ether oxygens (including phenoxy) is 3. The smallest absolute Gasteiger partial charge is 0.255 e. The highest BCUT2D eigenvalue weighted by Crippen LogP contribution is 2.26. The molecule has 0 radical (unpaired) electrons. The lowest BCUT2D eigenvalue weighted by Crippen LogP contribution is -2.56. The normalized spacial score (nSPS) is 16.4. The van der Waals surface area contributed by atoms with Crippen molar-refractivity contribution in [1.82, 2.24) is 14.4 Å². The van der Waals surface area contributed by atoms with Crippen LogP contribution in [0.25, 0.3) is 10.9 Å². The van der Waals surface area contributed by atoms with Gasteiger partial charge in [0.25, 0.3) is 5.56 Å². The summed E-state index contributed by atoms with van der Waals surface area (Å²) in [6.45, 7) is 8.00. The van der Waals surface area contributed by atoms with Gasteiger partial charge in [-0.1, -0.05) is 18.2 Å². The number of hydrogen-bond donors (Lipinski definition) is 0. The van der Waals surface area contributed by atoms with Gasteiger partial charge in [-0.15, -0.1) is 0 Å². The van der Waals surface area contributed by atoms with Crippen LogP contribution in [0.3, 0.4) is 0 Å². The number of carbonyl (C=O) groups is 1. The Hall–Kier alpha value is -3.20. The summed E-state index contributed by atoms with van der Waals surface area (Å²) in [6.07, 6.45) is 0. The van der Waals surface area contributed by atoms with Crippen molar-refractivity contribution >= 4 is 16.8 Å². The van der Waals surface area contributed by atoms with Crippen molar-refractivity contribution in [2.45, 2.75) is 33.0 Å². The van der Waals surface area contributed by atoms with Crippen LogP contribution in [0.4, 0.5) is 0 Å². The van der Waals surface area contributed by atoms with Gasteiger partial charge in [0.05, 0.1) is 24.8 Å². The number of methoxy groups -OCH3 is 1. The predicted molar refractivity (Wildman–Crippen MR) is 140 cm³/mol. The van der Waals surface area contributed by atoms with Crippen molar-refractivity contribution < 1.29 is 19.0 Å². The van der Waals surface area contributed by atoms with Gasteiger partial charge < -0.3 is 23.7 Å². The van der Waals surface area contributed by atoms with Crippen LogP contribution in [0.2, 0.25) is 0 Å². The van der Waals surface area contributed by atoms with Crippen LogP contribution in [0.5, 0.6) is 11.5 Å². The van der Waals surface area contributed by atoms with Gasteiger partial charge in [-0.25, -0.2) is 0 Å². The standard InChI is InChI=1S/C28H35N3O5/c1-4-35-15-14-31-27-17-26(36-25-8-6-5-7-9-25)11-10-22(27)16-23(28(31)33)18-29-12-13-30(21(2)32)24(19-29)20-34-3/h5-11,16-17,24H,4,12-15,18-20H2,1-3H3. The number of benzene rings is 2. The number of piperazine rings is 1. The summed E-state index contributed by atoms with van der Waals surface area (Å²) in [5.74, 6) is 1.47. The van der Waals surface area contributed by atoms with Crippen molar-refractivity contribution in [1.29, 1.82) is 0 Å². The predicted octanol–water partition coefficient (Wildman–Crippen LogP) is 3.51. The third-order valence-electron chi connectivity index (χ3n) is 6.51. The first-order chi connectivity index (χ1) is 17.5. The Morgan fingerprint density at radius 3 is 2.58 bits per heavy atom. The lowest BCUT2D eigenvalue weighted by Gasteiger charge is -2.40. The summed E-state index contributed by atoms with van der Waals surface area (Å²) in [5, 5.41) is 0.970. The maximum Gasteiger partial charge on any atom is 0.255 e. The lowest BCUT2D eigenvalue weighted by atomic mass is 10.1. The van der Waals surface area contributed by atoms with E-state index in [0.717, 1.165) is 22.2 Å². The average Bonchev–Trinajstić information content (AvgIpc) is 2.87. The van der Waals surface area contributed by atoms with Crippen molar-refractivity contribution in [3.05, 3.63) is 70.5 Å². The van der Waals surface area contributed by atoms with Gasteiger partial charge in [0.2, 0.25) is 5.91 Å². The molecule has 2 aromatic carbocycles. The van der Waals surface area contributed by atoms with E-state index >= 15 is 0 Å². The molecule has 0 aliphatic carbocycles. The Morgan fingerprint density at radius 2 is 1.86 bits per heavy atom. The third-order valence-corrected chi connectivity index (χ3v) is 6.51. The van der Waals surface area contributed by atoms with E-state index < -0.39 is 0 Å². The highest BCUT2D eigenvalue weighted by Gasteiger charge is 2.29. The molecule has 0 saturated carbocycles. The van der Waals surface area contributed by atoms with E-state index in [4.69, 9.17) is 14.2 Å². The largest absolute Gasteiger partial charge is 0.457 e. The van der Waals surface area contributed by atoms with Gasteiger partial charge in [-0.05, 0) is 42.6 Å². The van der Waals surface area contributed by atoms with E-state index in [1.165, 1.54) is 0 Å². The summed E-state index contributed by atoms with van der Waals surface area (Å²) in [6, 6.07) is 17.4. The molecule has 3 aromatic rings. The number of aromatic nitrogens is 1. The fourth-order valence-electron chi connectivity index (χ4n) is 4.79. The Balaban J connectivity index is 1.63. The van der Waals surface area contributed by atoms with Gasteiger partial charge in [0.15, 0.2) is 0 Å². The van der Waals surface area contributed by atoms with Crippen LogP contribution in [-0.2, 0) is 27.4 Å². The molecule has 2 heterocycles. The number of fused-ring (bicyclic) bond motifs is 1. The summed E-state index contributed by atoms with van der Waals surface area (Å²) >= 11 is 0. The van der Waals surface area contributed by atoms with E-state index in [1.807, 2.05) is 66.4 Å². The molecule has 1 unspecified atom stereocenters. The molecule has 1 fully saturated rings. The molecule has 4 rings (SSSR count). The zero-order valence-corrected chi connectivity index (χ0v) is 21.3. The van der Waals surface area contributed by atoms with Gasteiger partial charge in [0, 0.05) is 65.0 Å². The molecule has 1 aliphatic heterocycles. The molecule has 0 N–H and O–H groups in total. The number of carbonyl (C=O) groups excluding carboxylic acids is 1. The van der Waals surface area contributed by atoms with Crippen molar-refractivity contribution in [3.8, 4) is 11.5 Å². The van der Waals surface area contributed by atoms with E-state index in [1.54, 1.807) is 18.6 Å². The Kier molecular flexibility index (Phi) is 8.74. The fourth-order valence-corrected chi connectivity index (χ4v) is 4.79. The topological polar surface area (TPSA) is 73.2 Å². The number of hydrogen-bond acceptors (Lipinski definition) is 6. The van der Waals surface area contributed by atoms with Crippen LogP contribution >= 0.6 is 0 Å². The van der Waals surface area contributed by atoms with Crippen LogP contribution in [-0.4, -0.2) is 72.9 Å². The lowest BCUT2D eigenvalue weighted by molar-refractivity contribution is -0.135. The molecule has 1 saturated heterocycles. The van der Waals surface area contributed by atoms with Crippen LogP contribution in [0.15, 0.2) is 59.4 Å². The van der Waals surface area contributed by atoms with Gasteiger partial charge in [-0.3, -0.25) is 14.5 Å². The summed E-state index contributed by atoms with van der Waals surface area (Å²) in [7, 11) is 1.65. The molecular formula is C28H35N3O5. The SMILES string of the molecule is CCOCCn1c(=O)c(CN2CCN(C(C)=O)C(COC)C2)cc2ccc(Oc3ccccc3)cc21. The van der Waals surface area contributed by atoms with Gasteiger partial charge in [-0.2, -0.15) is 0 Å². The third kappa shape index (κ3) is 6.13. The number of rotatable bonds is 10. The number of amides is 1. The second kappa shape index (κ2) is 12.2. The molecule has 1 aliphatic rings. The Bertz CT molecular complexity index is 1230. The monoisotopic (exact) mass is 493 g/mol. The first-order valence-electron chi connectivity index (χ1n) is 12.5. The van der Waals surface area contributed by atoms with E-state index in [-0.39, 0.29) is 17.5 Å². The molecule has 8 heteroatoms. The highest BCUT2D eigenvalue weighted by molar-refractivity contribution is 5.81. The fraction of sp³-hybridized carbons (Fsp3) is 0.429. The molecule has 36 heavy (non-hydrogen) atoms. The van der Waals surface area contributed by atoms with Gasteiger partial charge in [0.1, 0.15) is 11.5 Å². The minimum atomic E-state index is -0.0312. The molecular weight excluding hydrogens is 458 g/mol. The number of para-hydroxylation sites is 1. The zero-order valence-electron chi connectivity index (χ0n) is 21.3. The minimum absolute atomic E-state index is 0.0282. The van der Waals surface area contributed by atoms with Crippen LogP contribution in [0, 0.1) is 0 Å². The van der Waals surface area contributed by atoms with Crippen molar-refractivity contribution in [2.24, 2.45) is 0 Å². The van der Waals surface area contributed by atoms with Gasteiger partial charge >= 0.3 is 0 Å². The maximum atomic E-state index is 13.7. The summed E-state index contributed by atoms with van der Waals surface area (Å²) in [4.78, 5) is 29.8. The molecule has 0 bridgehead atoms. The second-order valence-electron chi connectivity index (χ2n) is 9.02. The quantitative estimate of drug-likeness (QED) is 0.403. The summed E-state index contributed by atoms with van der Waals surface area (Å²) < 4.78 is 18.7. The Labute approximate surface area is 212 Å². The maximum absolute atomic E-state index is 13.7. The second-order valence-corrected chi connectivity index (χ2v) is 9.02. The molecule has 192 valence electrons. The van der Waals surface area contributed by atoms with E-state index in [2.05, 4.69) is 4.90 Å². The molecule has 1 amide bonds. The minimum Gasteiger partial charge on any atom is -0.457 e. The highest BCUT2D eigenvalue weighted by atomic mass is 16.5. The average molecular weight is 494 g/mol. The first-order valence-corrected chi connectivity index (χ1v) is 12.5. The Morgan fingerprint density at radius 1 is 1.06 bits per heavy atom. The van der Waals surface area contributed by atoms with Crippen molar-refractivity contribution in [3.63, 3.8) is 0 Å².